The van der Waals surface area contributed by atoms with Crippen LogP contribution in [0.1, 0.15) is 17.0 Å². The minimum atomic E-state index is 0.775. The molecule has 2 aromatic carbocycles. The van der Waals surface area contributed by atoms with Crippen LogP contribution >= 0.6 is 0 Å². The van der Waals surface area contributed by atoms with Gasteiger partial charge in [0.25, 0.3) is 0 Å². The molecule has 0 unspecified atom stereocenters. The summed E-state index contributed by atoms with van der Waals surface area (Å²) in [5, 5.41) is 15.0. The van der Waals surface area contributed by atoms with Gasteiger partial charge in [0.1, 0.15) is 0 Å². The number of rotatable bonds is 5. The summed E-state index contributed by atoms with van der Waals surface area (Å²) in [4.78, 5) is 0. The Morgan fingerprint density at radius 2 is 1.86 bits per heavy atom. The Kier molecular flexibility index (Phi) is 4.14. The summed E-state index contributed by atoms with van der Waals surface area (Å²) in [6, 6.07) is 16.8. The summed E-state index contributed by atoms with van der Waals surface area (Å²) in [7, 11) is 0. The smallest absolute Gasteiger partial charge is 0.153 e. The van der Waals surface area contributed by atoms with Gasteiger partial charge in [-0.1, -0.05) is 35.9 Å². The van der Waals surface area contributed by atoms with Crippen molar-refractivity contribution in [1.29, 1.82) is 0 Å². The van der Waals surface area contributed by atoms with E-state index in [1.807, 2.05) is 19.1 Å². The maximum atomic E-state index is 3.99. The maximum Gasteiger partial charge on any atom is 0.153 e. The zero-order chi connectivity index (χ0) is 15.4. The highest BCUT2D eigenvalue weighted by molar-refractivity contribution is 5.51. The normalized spacial score (nSPS) is 10.6. The van der Waals surface area contributed by atoms with Gasteiger partial charge in [0.15, 0.2) is 5.82 Å². The Labute approximate surface area is 130 Å². The molecule has 0 radical (unpaired) electrons. The lowest BCUT2D eigenvalue weighted by atomic mass is 10.1. The Morgan fingerprint density at radius 1 is 1.05 bits per heavy atom. The van der Waals surface area contributed by atoms with Gasteiger partial charge in [0.05, 0.1) is 5.69 Å². The Balaban J connectivity index is 1.63. The van der Waals surface area contributed by atoms with Crippen LogP contribution in [0.5, 0.6) is 0 Å². The van der Waals surface area contributed by atoms with E-state index in [1.165, 1.54) is 11.1 Å². The average molecular weight is 293 g/mol. The molecule has 22 heavy (non-hydrogen) atoms. The lowest BCUT2D eigenvalue weighted by molar-refractivity contribution is 0.779. The fourth-order valence-corrected chi connectivity index (χ4v) is 2.32. The van der Waals surface area contributed by atoms with E-state index in [9.17, 15) is 0 Å². The number of hydrogen-bond acceptors (Lipinski definition) is 4. The van der Waals surface area contributed by atoms with Crippen molar-refractivity contribution in [2.45, 2.75) is 20.3 Å². The molecule has 0 saturated carbocycles. The predicted molar refractivity (Wildman–Crippen MR) is 87.3 cm³/mol. The van der Waals surface area contributed by atoms with Crippen molar-refractivity contribution in [3.05, 3.63) is 65.5 Å². The molecular formula is C17H19N5. The number of aromatic nitrogens is 4. The average Bonchev–Trinajstić information content (AvgIpc) is 2.96. The Bertz CT molecular complexity index is 746. The van der Waals surface area contributed by atoms with Crippen LogP contribution in [-0.4, -0.2) is 26.8 Å². The molecule has 1 heterocycles. The van der Waals surface area contributed by atoms with Gasteiger partial charge in [-0.15, -0.1) is 5.10 Å². The Hall–Kier alpha value is -2.69. The zero-order valence-corrected chi connectivity index (χ0v) is 12.8. The zero-order valence-electron chi connectivity index (χ0n) is 12.8. The second-order valence-electron chi connectivity index (χ2n) is 5.35. The largest absolute Gasteiger partial charge is 0.385 e. The van der Waals surface area contributed by atoms with Crippen LogP contribution in [0.25, 0.3) is 5.69 Å². The molecule has 0 aliphatic rings. The second kappa shape index (κ2) is 6.39. The van der Waals surface area contributed by atoms with E-state index in [0.29, 0.717) is 0 Å². The summed E-state index contributed by atoms with van der Waals surface area (Å²) in [5.41, 5.74) is 4.66. The first-order valence-electron chi connectivity index (χ1n) is 7.37. The van der Waals surface area contributed by atoms with Crippen molar-refractivity contribution in [3.8, 4) is 5.69 Å². The standard InChI is InChI=1S/C17H19N5/c1-13-6-8-15(9-7-13)10-11-18-16-4-3-5-17(12-16)22-14(2)19-20-21-22/h3-9,12,18H,10-11H2,1-2H3. The van der Waals surface area contributed by atoms with Crippen LogP contribution in [0.4, 0.5) is 5.69 Å². The molecule has 112 valence electrons. The van der Waals surface area contributed by atoms with Gasteiger partial charge < -0.3 is 5.32 Å². The fraction of sp³-hybridized carbons (Fsp3) is 0.235. The number of anilines is 1. The quantitative estimate of drug-likeness (QED) is 0.786. The number of hydrogen-bond donors (Lipinski definition) is 1. The summed E-state index contributed by atoms with van der Waals surface area (Å²) >= 11 is 0. The van der Waals surface area contributed by atoms with Gasteiger partial charge in [-0.3, -0.25) is 0 Å². The SMILES string of the molecule is Cc1ccc(CCNc2cccc(-n3nnnc3C)c2)cc1. The maximum absolute atomic E-state index is 3.99. The van der Waals surface area contributed by atoms with E-state index in [1.54, 1.807) is 4.68 Å². The highest BCUT2D eigenvalue weighted by Gasteiger charge is 2.04. The fourth-order valence-electron chi connectivity index (χ4n) is 2.32. The minimum absolute atomic E-state index is 0.775. The van der Waals surface area contributed by atoms with Gasteiger partial charge >= 0.3 is 0 Å². The lowest BCUT2D eigenvalue weighted by Crippen LogP contribution is -2.06. The third-order valence-electron chi connectivity index (χ3n) is 3.58. The van der Waals surface area contributed by atoms with Crippen molar-refractivity contribution in [2.24, 2.45) is 0 Å². The highest BCUT2D eigenvalue weighted by atomic mass is 15.5. The van der Waals surface area contributed by atoms with Gasteiger partial charge in [0, 0.05) is 12.2 Å². The van der Waals surface area contributed by atoms with E-state index >= 15 is 0 Å². The highest BCUT2D eigenvalue weighted by Crippen LogP contribution is 2.14. The first kappa shape index (κ1) is 14.3. The molecule has 0 atom stereocenters. The third-order valence-corrected chi connectivity index (χ3v) is 3.58. The predicted octanol–water partition coefficient (Wildman–Crippen LogP) is 2.93. The van der Waals surface area contributed by atoms with Gasteiger partial charge in [-0.25, -0.2) is 0 Å². The first-order chi connectivity index (χ1) is 10.7. The molecule has 0 saturated heterocycles. The van der Waals surface area contributed by atoms with Crippen LogP contribution < -0.4 is 5.32 Å². The molecule has 0 aliphatic heterocycles. The lowest BCUT2D eigenvalue weighted by Gasteiger charge is -2.09. The second-order valence-corrected chi connectivity index (χ2v) is 5.35. The van der Waals surface area contributed by atoms with Gasteiger partial charge in [-0.2, -0.15) is 4.68 Å². The van der Waals surface area contributed by atoms with Crippen LogP contribution in [0.3, 0.4) is 0 Å². The van der Waals surface area contributed by atoms with Crippen molar-refractivity contribution < 1.29 is 0 Å². The summed E-state index contributed by atoms with van der Waals surface area (Å²) in [5.74, 6) is 0.775. The van der Waals surface area contributed by atoms with Crippen molar-refractivity contribution >= 4 is 5.69 Å². The van der Waals surface area contributed by atoms with Crippen molar-refractivity contribution in [1.82, 2.24) is 20.2 Å². The number of nitrogens with zero attached hydrogens (tertiary/aromatic N) is 4. The molecule has 5 nitrogen and oxygen atoms in total. The summed E-state index contributed by atoms with van der Waals surface area (Å²) in [6.07, 6.45) is 0.994. The molecule has 5 heteroatoms. The van der Waals surface area contributed by atoms with Gasteiger partial charge in [0.2, 0.25) is 0 Å². The number of benzene rings is 2. The van der Waals surface area contributed by atoms with Crippen LogP contribution in [0, 0.1) is 13.8 Å². The molecule has 3 aromatic rings. The molecule has 0 fully saturated rings. The monoisotopic (exact) mass is 293 g/mol. The minimum Gasteiger partial charge on any atom is -0.385 e. The summed E-state index contributed by atoms with van der Waals surface area (Å²) in [6.45, 7) is 4.88. The van der Waals surface area contributed by atoms with Crippen LogP contribution in [0.2, 0.25) is 0 Å². The van der Waals surface area contributed by atoms with E-state index in [-0.39, 0.29) is 0 Å². The van der Waals surface area contributed by atoms with Crippen LogP contribution in [0.15, 0.2) is 48.5 Å². The molecule has 0 bridgehead atoms. The topological polar surface area (TPSA) is 55.6 Å². The molecule has 1 aromatic heterocycles. The summed E-state index contributed by atoms with van der Waals surface area (Å²) < 4.78 is 1.73. The first-order valence-corrected chi connectivity index (χ1v) is 7.37. The van der Waals surface area contributed by atoms with Crippen LogP contribution in [-0.2, 0) is 6.42 Å². The molecule has 3 rings (SSSR count). The number of nitrogens with one attached hydrogen (secondary N) is 1. The van der Waals surface area contributed by atoms with Crippen molar-refractivity contribution in [3.63, 3.8) is 0 Å². The van der Waals surface area contributed by atoms with Crippen molar-refractivity contribution in [2.75, 3.05) is 11.9 Å². The third kappa shape index (κ3) is 3.31. The molecule has 1 N–H and O–H groups in total. The number of tetrazole rings is 1. The van der Waals surface area contributed by atoms with Gasteiger partial charge in [-0.05, 0) is 54.5 Å². The Morgan fingerprint density at radius 3 is 2.59 bits per heavy atom. The molecule has 0 spiro atoms. The van der Waals surface area contributed by atoms with E-state index in [2.05, 4.69) is 64.2 Å². The molecule has 0 aliphatic carbocycles. The van der Waals surface area contributed by atoms with E-state index in [0.717, 1.165) is 30.2 Å². The van der Waals surface area contributed by atoms with E-state index in [4.69, 9.17) is 0 Å². The molecule has 0 amide bonds. The number of aryl methyl sites for hydroxylation is 2. The van der Waals surface area contributed by atoms with E-state index < -0.39 is 0 Å². The molecular weight excluding hydrogens is 274 g/mol.